The largest absolute Gasteiger partial charge is 0.372 e. The van der Waals surface area contributed by atoms with E-state index in [-0.39, 0.29) is 17.4 Å². The van der Waals surface area contributed by atoms with Crippen LogP contribution in [-0.2, 0) is 22.2 Å². The molecule has 18 heavy (non-hydrogen) atoms. The second-order valence-electron chi connectivity index (χ2n) is 5.01. The van der Waals surface area contributed by atoms with Crippen LogP contribution in [0.25, 0.3) is 0 Å². The number of amides is 1. The van der Waals surface area contributed by atoms with Crippen LogP contribution in [0.1, 0.15) is 18.5 Å². The zero-order valence-electron chi connectivity index (χ0n) is 11.1. The third-order valence-electron chi connectivity index (χ3n) is 3.65. The van der Waals surface area contributed by atoms with E-state index in [4.69, 9.17) is 4.74 Å². The van der Waals surface area contributed by atoms with Gasteiger partial charge in [0.1, 0.15) is 10.2 Å². The molecule has 6 heteroatoms. The summed E-state index contributed by atoms with van der Waals surface area (Å²) < 4.78 is 8.26. The number of halogens is 1. The van der Waals surface area contributed by atoms with E-state index in [1.165, 1.54) is 0 Å². The van der Waals surface area contributed by atoms with Gasteiger partial charge in [0.15, 0.2) is 0 Å². The van der Waals surface area contributed by atoms with E-state index in [0.29, 0.717) is 12.8 Å². The van der Waals surface area contributed by atoms with Crippen LogP contribution in [0.3, 0.4) is 0 Å². The zero-order chi connectivity index (χ0) is 13.5. The highest BCUT2D eigenvalue weighted by Crippen LogP contribution is 2.49. The van der Waals surface area contributed by atoms with Crippen molar-refractivity contribution < 1.29 is 9.53 Å². The number of rotatable bonds is 3. The van der Waals surface area contributed by atoms with E-state index >= 15 is 0 Å². The maximum atomic E-state index is 11.9. The fourth-order valence-corrected chi connectivity index (χ4v) is 3.07. The molecule has 1 amide bonds. The van der Waals surface area contributed by atoms with Crippen LogP contribution in [0.4, 0.5) is 0 Å². The van der Waals surface area contributed by atoms with E-state index in [2.05, 4.69) is 21.0 Å². The van der Waals surface area contributed by atoms with Crippen molar-refractivity contribution in [2.75, 3.05) is 21.2 Å². The van der Waals surface area contributed by atoms with Gasteiger partial charge in [-0.1, -0.05) is 0 Å². The van der Waals surface area contributed by atoms with Gasteiger partial charge in [-0.15, -0.1) is 0 Å². The Hall–Kier alpha value is -0.880. The highest BCUT2D eigenvalue weighted by molar-refractivity contribution is 9.10. The highest BCUT2D eigenvalue weighted by Gasteiger charge is 2.51. The number of hydrogen-bond donors (Lipinski definition) is 0. The Morgan fingerprint density at radius 2 is 2.22 bits per heavy atom. The van der Waals surface area contributed by atoms with Crippen molar-refractivity contribution in [3.8, 4) is 0 Å². The van der Waals surface area contributed by atoms with Crippen LogP contribution in [0.5, 0.6) is 0 Å². The number of hydrogen-bond acceptors (Lipinski definition) is 3. The van der Waals surface area contributed by atoms with Gasteiger partial charge in [0, 0.05) is 34.2 Å². The third kappa shape index (κ3) is 2.07. The molecular weight excluding hydrogens is 298 g/mol. The number of methoxy groups -OCH3 is 1. The van der Waals surface area contributed by atoms with Gasteiger partial charge in [-0.2, -0.15) is 5.10 Å². The molecule has 0 aliphatic heterocycles. The molecule has 1 saturated carbocycles. The Balaban J connectivity index is 2.17. The number of aryl methyl sites for hydroxylation is 1. The fourth-order valence-electron chi connectivity index (χ4n) is 2.62. The standard InChI is InChI=1S/C12H18BrN3O2/c1-15(2)11(17)8-6-12(7-8,18-4)9-5-10(13)14-16(9)3/h5,8H,6-7H2,1-4H3. The first-order valence-electron chi connectivity index (χ1n) is 5.86. The number of nitrogens with zero attached hydrogens (tertiary/aromatic N) is 3. The minimum atomic E-state index is -0.371. The molecule has 0 aromatic carbocycles. The van der Waals surface area contributed by atoms with Gasteiger partial charge in [0.2, 0.25) is 5.91 Å². The molecule has 0 saturated heterocycles. The van der Waals surface area contributed by atoms with Crippen LogP contribution in [0, 0.1) is 5.92 Å². The van der Waals surface area contributed by atoms with Crippen molar-refractivity contribution in [2.45, 2.75) is 18.4 Å². The second-order valence-corrected chi connectivity index (χ2v) is 5.82. The molecule has 1 aliphatic rings. The lowest BCUT2D eigenvalue weighted by atomic mass is 9.68. The molecule has 0 atom stereocenters. The molecule has 0 bridgehead atoms. The molecule has 0 spiro atoms. The molecule has 100 valence electrons. The summed E-state index contributed by atoms with van der Waals surface area (Å²) in [5.41, 5.74) is 0.643. The number of aromatic nitrogens is 2. The summed E-state index contributed by atoms with van der Waals surface area (Å²) >= 11 is 3.36. The van der Waals surface area contributed by atoms with Crippen LogP contribution >= 0.6 is 15.9 Å². The van der Waals surface area contributed by atoms with E-state index in [1.54, 1.807) is 26.1 Å². The summed E-state index contributed by atoms with van der Waals surface area (Å²) in [6.07, 6.45) is 1.43. The third-order valence-corrected chi connectivity index (χ3v) is 4.04. The van der Waals surface area contributed by atoms with Crippen molar-refractivity contribution >= 4 is 21.8 Å². The van der Waals surface area contributed by atoms with E-state index < -0.39 is 0 Å². The number of ether oxygens (including phenoxy) is 1. The first-order valence-corrected chi connectivity index (χ1v) is 6.65. The van der Waals surface area contributed by atoms with Crippen LogP contribution in [0.15, 0.2) is 10.7 Å². The fraction of sp³-hybridized carbons (Fsp3) is 0.667. The maximum Gasteiger partial charge on any atom is 0.225 e. The molecule has 1 aliphatic carbocycles. The minimum absolute atomic E-state index is 0.0497. The first-order chi connectivity index (χ1) is 8.39. The SMILES string of the molecule is COC1(c2cc(Br)nn2C)CC(C(=O)N(C)C)C1. The summed E-state index contributed by atoms with van der Waals surface area (Å²) in [5.74, 6) is 0.220. The maximum absolute atomic E-state index is 11.9. The molecule has 0 N–H and O–H groups in total. The van der Waals surface area contributed by atoms with Crippen molar-refractivity contribution in [1.29, 1.82) is 0 Å². The predicted octanol–water partition coefficient (Wildman–Crippen LogP) is 1.52. The van der Waals surface area contributed by atoms with Gasteiger partial charge in [0.25, 0.3) is 0 Å². The van der Waals surface area contributed by atoms with E-state index in [0.717, 1.165) is 10.3 Å². The molecule has 2 rings (SSSR count). The predicted molar refractivity (Wildman–Crippen MR) is 71.0 cm³/mol. The van der Waals surface area contributed by atoms with Crippen molar-refractivity contribution in [2.24, 2.45) is 13.0 Å². The summed E-state index contributed by atoms with van der Waals surface area (Å²) in [6.45, 7) is 0. The minimum Gasteiger partial charge on any atom is -0.372 e. The molecule has 5 nitrogen and oxygen atoms in total. The zero-order valence-corrected chi connectivity index (χ0v) is 12.7. The second kappa shape index (κ2) is 4.66. The topological polar surface area (TPSA) is 47.4 Å². The summed E-state index contributed by atoms with van der Waals surface area (Å²) in [6, 6.07) is 1.96. The quantitative estimate of drug-likeness (QED) is 0.849. The van der Waals surface area contributed by atoms with Crippen molar-refractivity contribution in [3.05, 3.63) is 16.4 Å². The lowest BCUT2D eigenvalue weighted by Crippen LogP contribution is -2.49. The lowest BCUT2D eigenvalue weighted by Gasteiger charge is -2.46. The summed E-state index contributed by atoms with van der Waals surface area (Å²) in [7, 11) is 7.16. The Morgan fingerprint density at radius 3 is 2.61 bits per heavy atom. The summed E-state index contributed by atoms with van der Waals surface area (Å²) in [4.78, 5) is 13.5. The Labute approximate surface area is 115 Å². The summed E-state index contributed by atoms with van der Waals surface area (Å²) in [5, 5.41) is 4.27. The van der Waals surface area contributed by atoms with Gasteiger partial charge in [-0.05, 0) is 34.8 Å². The van der Waals surface area contributed by atoms with Crippen LogP contribution in [0.2, 0.25) is 0 Å². The average Bonchev–Trinajstić information content (AvgIpc) is 2.57. The lowest BCUT2D eigenvalue weighted by molar-refractivity contribution is -0.158. The Bertz CT molecular complexity index is 464. The molecule has 1 aromatic heterocycles. The molecule has 1 aromatic rings. The molecule has 0 unspecified atom stereocenters. The van der Waals surface area contributed by atoms with Gasteiger partial charge in [-0.3, -0.25) is 9.48 Å². The normalized spacial score (nSPS) is 26.8. The van der Waals surface area contributed by atoms with Crippen molar-refractivity contribution in [3.63, 3.8) is 0 Å². The molecule has 1 fully saturated rings. The van der Waals surface area contributed by atoms with Crippen molar-refractivity contribution in [1.82, 2.24) is 14.7 Å². The Morgan fingerprint density at radius 1 is 1.61 bits per heavy atom. The number of carbonyl (C=O) groups is 1. The smallest absolute Gasteiger partial charge is 0.225 e. The average molecular weight is 316 g/mol. The van der Waals surface area contributed by atoms with Gasteiger partial charge < -0.3 is 9.64 Å². The monoisotopic (exact) mass is 315 g/mol. The van der Waals surface area contributed by atoms with Crippen LogP contribution in [-0.4, -0.2) is 41.8 Å². The number of carbonyl (C=O) groups excluding carboxylic acids is 1. The molecule has 1 heterocycles. The molecule has 0 radical (unpaired) electrons. The van der Waals surface area contributed by atoms with Crippen LogP contribution < -0.4 is 0 Å². The molecular formula is C12H18BrN3O2. The Kier molecular flexibility index (Phi) is 3.51. The first kappa shape index (κ1) is 13.5. The van der Waals surface area contributed by atoms with E-state index in [9.17, 15) is 4.79 Å². The van der Waals surface area contributed by atoms with Gasteiger partial charge in [-0.25, -0.2) is 0 Å². The van der Waals surface area contributed by atoms with E-state index in [1.807, 2.05) is 17.8 Å². The van der Waals surface area contributed by atoms with Gasteiger partial charge in [0.05, 0.1) is 5.69 Å². The highest BCUT2D eigenvalue weighted by atomic mass is 79.9. The van der Waals surface area contributed by atoms with Gasteiger partial charge >= 0.3 is 0 Å².